The average molecular weight is 441 g/mol. The van der Waals surface area contributed by atoms with Gasteiger partial charge in [0.1, 0.15) is 6.04 Å². The lowest BCUT2D eigenvalue weighted by Gasteiger charge is -2.28. The second-order valence-corrected chi connectivity index (χ2v) is 9.55. The van der Waals surface area contributed by atoms with Gasteiger partial charge in [0.2, 0.25) is 11.8 Å². The maximum atomic E-state index is 13.5. The zero-order valence-electron chi connectivity index (χ0n) is 17.3. The Bertz CT molecular complexity index is 958. The van der Waals surface area contributed by atoms with Crippen molar-refractivity contribution < 1.29 is 18.4 Å². The molecule has 1 fully saturated rings. The molecule has 1 aliphatic carbocycles. The summed E-state index contributed by atoms with van der Waals surface area (Å²) in [5.74, 6) is -3.76. The number of fused-ring (bicyclic) bond motifs is 1. The van der Waals surface area contributed by atoms with E-state index in [4.69, 9.17) is 17.3 Å². The molecule has 3 rings (SSSR count). The van der Waals surface area contributed by atoms with Gasteiger partial charge in [-0.3, -0.25) is 14.3 Å². The molecule has 2 aromatic rings. The number of amides is 2. The van der Waals surface area contributed by atoms with Gasteiger partial charge in [0.25, 0.3) is 5.91 Å². The van der Waals surface area contributed by atoms with E-state index in [1.165, 1.54) is 0 Å². The minimum atomic E-state index is -2.61. The number of nitrogens with two attached hydrogens (primary N) is 1. The number of benzene rings is 1. The van der Waals surface area contributed by atoms with Crippen LogP contribution in [0.4, 0.5) is 8.78 Å². The third kappa shape index (κ3) is 4.74. The van der Waals surface area contributed by atoms with E-state index >= 15 is 0 Å². The van der Waals surface area contributed by atoms with E-state index in [0.29, 0.717) is 35.3 Å². The molecule has 1 atom stereocenters. The van der Waals surface area contributed by atoms with Crippen LogP contribution in [0.5, 0.6) is 0 Å². The van der Waals surface area contributed by atoms with Crippen molar-refractivity contribution in [2.24, 2.45) is 17.1 Å². The van der Waals surface area contributed by atoms with Gasteiger partial charge in [0.05, 0.1) is 10.5 Å². The zero-order chi connectivity index (χ0) is 22.3. The maximum absolute atomic E-state index is 13.5. The summed E-state index contributed by atoms with van der Waals surface area (Å²) in [7, 11) is 0. The third-order valence-electron chi connectivity index (χ3n) is 5.63. The lowest BCUT2D eigenvalue weighted by molar-refractivity contribution is -0.122. The summed E-state index contributed by atoms with van der Waals surface area (Å²) >= 11 is 6.39. The summed E-state index contributed by atoms with van der Waals surface area (Å²) in [5, 5.41) is 8.10. The highest BCUT2D eigenvalue weighted by molar-refractivity contribution is 6.35. The van der Waals surface area contributed by atoms with Gasteiger partial charge in [-0.15, -0.1) is 0 Å². The normalized spacial score (nSPS) is 18.3. The Balaban J connectivity index is 1.92. The highest BCUT2D eigenvalue weighted by Crippen LogP contribution is 2.37. The fraction of sp³-hybridized carbons (Fsp3) is 0.571. The molecule has 1 aromatic carbocycles. The van der Waals surface area contributed by atoms with Crippen molar-refractivity contribution in [2.45, 2.75) is 65.0 Å². The Morgan fingerprint density at radius 1 is 1.33 bits per heavy atom. The minimum Gasteiger partial charge on any atom is -0.368 e. The summed E-state index contributed by atoms with van der Waals surface area (Å²) < 4.78 is 28.6. The Morgan fingerprint density at radius 2 is 1.97 bits per heavy atom. The lowest BCUT2D eigenvalue weighted by atomic mass is 9.86. The second-order valence-electron chi connectivity index (χ2n) is 9.14. The summed E-state index contributed by atoms with van der Waals surface area (Å²) in [6, 6.07) is 4.25. The van der Waals surface area contributed by atoms with E-state index in [1.54, 1.807) is 43.7 Å². The number of carbonyl (C=O) groups excluding carboxylic acids is 2. The number of halogens is 3. The summed E-state index contributed by atoms with van der Waals surface area (Å²) in [5.41, 5.74) is 5.60. The van der Waals surface area contributed by atoms with Crippen LogP contribution in [-0.4, -0.2) is 33.6 Å². The number of carbonyl (C=O) groups is 2. The number of aromatic nitrogens is 2. The van der Waals surface area contributed by atoms with Gasteiger partial charge in [-0.25, -0.2) is 8.78 Å². The van der Waals surface area contributed by atoms with Crippen molar-refractivity contribution in [3.63, 3.8) is 0 Å². The van der Waals surface area contributed by atoms with Gasteiger partial charge in [-0.2, -0.15) is 5.10 Å². The molecule has 1 unspecified atom stereocenters. The van der Waals surface area contributed by atoms with E-state index < -0.39 is 29.2 Å². The molecule has 6 nitrogen and oxygen atoms in total. The first-order valence-corrected chi connectivity index (χ1v) is 10.4. The topological polar surface area (TPSA) is 90.0 Å². The Labute approximate surface area is 179 Å². The smallest absolute Gasteiger partial charge is 0.273 e. The highest BCUT2D eigenvalue weighted by Gasteiger charge is 2.36. The molecule has 3 N–H and O–H groups in total. The molecular formula is C21H27ClF2N4O2. The van der Waals surface area contributed by atoms with Crippen LogP contribution < -0.4 is 11.1 Å². The number of para-hydroxylation sites is 1. The van der Waals surface area contributed by atoms with Crippen LogP contribution in [0.25, 0.3) is 10.9 Å². The van der Waals surface area contributed by atoms with Crippen LogP contribution in [0.1, 0.15) is 56.9 Å². The van der Waals surface area contributed by atoms with Gasteiger partial charge in [0.15, 0.2) is 5.69 Å². The number of hydrogen-bond donors (Lipinski definition) is 2. The lowest BCUT2D eigenvalue weighted by Crippen LogP contribution is -2.52. The predicted molar refractivity (Wildman–Crippen MR) is 112 cm³/mol. The summed E-state index contributed by atoms with van der Waals surface area (Å²) in [6.45, 7) is 5.79. The molecule has 30 heavy (non-hydrogen) atoms. The van der Waals surface area contributed by atoms with Gasteiger partial charge in [0, 0.05) is 24.8 Å². The number of nitrogens with zero attached hydrogens (tertiary/aromatic N) is 2. The molecule has 1 aliphatic rings. The van der Waals surface area contributed by atoms with E-state index in [1.807, 2.05) is 0 Å². The number of hydrogen-bond acceptors (Lipinski definition) is 3. The average Bonchev–Trinajstić information content (AvgIpc) is 3.00. The monoisotopic (exact) mass is 440 g/mol. The van der Waals surface area contributed by atoms with Crippen molar-refractivity contribution in [1.29, 1.82) is 0 Å². The van der Waals surface area contributed by atoms with Gasteiger partial charge in [-0.05, 0) is 30.2 Å². The molecule has 0 aliphatic heterocycles. The van der Waals surface area contributed by atoms with Gasteiger partial charge in [-0.1, -0.05) is 44.5 Å². The van der Waals surface area contributed by atoms with Crippen molar-refractivity contribution in [2.75, 3.05) is 0 Å². The van der Waals surface area contributed by atoms with E-state index in [2.05, 4.69) is 10.4 Å². The molecule has 1 heterocycles. The first kappa shape index (κ1) is 22.5. The molecular weight excluding hydrogens is 414 g/mol. The first-order valence-electron chi connectivity index (χ1n) is 10.0. The van der Waals surface area contributed by atoms with Crippen LogP contribution >= 0.6 is 11.6 Å². The molecule has 0 bridgehead atoms. The second kappa shape index (κ2) is 8.13. The molecule has 0 radical (unpaired) electrons. The van der Waals surface area contributed by atoms with E-state index in [9.17, 15) is 18.4 Å². The van der Waals surface area contributed by atoms with Crippen molar-refractivity contribution in [3.8, 4) is 0 Å². The Kier molecular flexibility index (Phi) is 6.09. The Hall–Kier alpha value is -2.22. The third-order valence-corrected chi connectivity index (χ3v) is 5.93. The first-order chi connectivity index (χ1) is 13.9. The van der Waals surface area contributed by atoms with Crippen LogP contribution in [0, 0.1) is 11.3 Å². The SMILES string of the molecule is CC(C)(C)C(NC(=O)c1nn(CC2CCC(F)(F)CC2)c2c(Cl)cccc12)C(N)=O. The largest absolute Gasteiger partial charge is 0.368 e. The predicted octanol–water partition coefficient (Wildman–Crippen LogP) is 4.15. The van der Waals surface area contributed by atoms with Gasteiger partial charge >= 0.3 is 0 Å². The fourth-order valence-electron chi connectivity index (χ4n) is 3.93. The molecule has 164 valence electrons. The van der Waals surface area contributed by atoms with Crippen LogP contribution in [0.15, 0.2) is 18.2 Å². The molecule has 9 heteroatoms. The highest BCUT2D eigenvalue weighted by atomic mass is 35.5. The van der Waals surface area contributed by atoms with Crippen LogP contribution in [0.2, 0.25) is 5.02 Å². The minimum absolute atomic E-state index is 0.0212. The quantitative estimate of drug-likeness (QED) is 0.731. The Morgan fingerprint density at radius 3 is 2.53 bits per heavy atom. The summed E-state index contributed by atoms with van der Waals surface area (Å²) in [4.78, 5) is 24.8. The molecule has 0 spiro atoms. The van der Waals surface area contributed by atoms with Crippen LogP contribution in [0.3, 0.4) is 0 Å². The molecule has 1 saturated carbocycles. The van der Waals surface area contributed by atoms with Crippen molar-refractivity contribution in [1.82, 2.24) is 15.1 Å². The van der Waals surface area contributed by atoms with E-state index in [-0.39, 0.29) is 24.5 Å². The number of alkyl halides is 2. The molecule has 0 saturated heterocycles. The summed E-state index contributed by atoms with van der Waals surface area (Å²) in [6.07, 6.45) is 0.468. The maximum Gasteiger partial charge on any atom is 0.273 e. The fourth-order valence-corrected chi connectivity index (χ4v) is 4.21. The number of rotatable bonds is 5. The van der Waals surface area contributed by atoms with Crippen molar-refractivity contribution >= 4 is 34.3 Å². The standard InChI is InChI=1S/C21H27ClF2N4O2/c1-20(2,3)17(18(25)29)26-19(30)15-13-5-4-6-14(22)16(13)28(27-15)11-12-7-9-21(23,24)10-8-12/h4-6,12,17H,7-11H2,1-3H3,(H2,25,29)(H,26,30). The van der Waals surface area contributed by atoms with Crippen LogP contribution in [-0.2, 0) is 11.3 Å². The van der Waals surface area contributed by atoms with Gasteiger partial charge < -0.3 is 11.1 Å². The zero-order valence-corrected chi connectivity index (χ0v) is 18.1. The van der Waals surface area contributed by atoms with Crippen molar-refractivity contribution in [3.05, 3.63) is 28.9 Å². The van der Waals surface area contributed by atoms with E-state index in [0.717, 1.165) is 0 Å². The molecule has 2 amide bonds. The number of primary amides is 1. The molecule has 1 aromatic heterocycles. The number of nitrogens with one attached hydrogen (secondary N) is 1.